The van der Waals surface area contributed by atoms with Gasteiger partial charge in [0.2, 0.25) is 6.79 Å². The monoisotopic (exact) mass is 397 g/mol. The average molecular weight is 397 g/mol. The van der Waals surface area contributed by atoms with Crippen LogP contribution in [0.4, 0.5) is 14.6 Å². The second-order valence-electron chi connectivity index (χ2n) is 5.90. The van der Waals surface area contributed by atoms with Crippen molar-refractivity contribution in [1.29, 1.82) is 0 Å². The van der Waals surface area contributed by atoms with Crippen LogP contribution in [0.5, 0.6) is 11.5 Å². The van der Waals surface area contributed by atoms with Crippen LogP contribution in [-0.4, -0.2) is 47.2 Å². The molecule has 11 heteroatoms. The molecule has 2 heterocycles. The van der Waals surface area contributed by atoms with Gasteiger partial charge in [0.25, 0.3) is 5.91 Å². The van der Waals surface area contributed by atoms with Crippen molar-refractivity contribution in [2.75, 3.05) is 25.8 Å². The minimum absolute atomic E-state index is 0.0502. The fourth-order valence-corrected chi connectivity index (χ4v) is 2.54. The number of ether oxygens (including phenoxy) is 3. The van der Waals surface area contributed by atoms with Gasteiger partial charge in [-0.1, -0.05) is 0 Å². The predicted molar refractivity (Wildman–Crippen MR) is 91.7 cm³/mol. The van der Waals surface area contributed by atoms with Crippen molar-refractivity contribution in [1.82, 2.24) is 9.55 Å². The Bertz CT molecular complexity index is 929. The molecule has 0 aliphatic carbocycles. The van der Waals surface area contributed by atoms with E-state index >= 15 is 0 Å². The first-order valence-corrected chi connectivity index (χ1v) is 8.16. The molecule has 0 spiro atoms. The molecule has 0 saturated carbocycles. The minimum atomic E-state index is -3.63. The number of hydrogen-bond donors (Lipinski definition) is 2. The SMILES string of the molecule is CO[C@H](CO)CC(F)(F)n1ccc(NC(=O)c2ccc3c(c2)OCO3)nc1=O. The Morgan fingerprint density at radius 1 is 1.39 bits per heavy atom. The second-order valence-corrected chi connectivity index (χ2v) is 5.90. The van der Waals surface area contributed by atoms with Crippen LogP contribution in [0.3, 0.4) is 0 Å². The molecule has 0 saturated heterocycles. The summed E-state index contributed by atoms with van der Waals surface area (Å²) >= 11 is 0. The average Bonchev–Trinajstić information content (AvgIpc) is 3.13. The fourth-order valence-electron chi connectivity index (χ4n) is 2.54. The van der Waals surface area contributed by atoms with E-state index in [1.54, 1.807) is 6.07 Å². The zero-order valence-electron chi connectivity index (χ0n) is 14.7. The van der Waals surface area contributed by atoms with Gasteiger partial charge in [0.05, 0.1) is 19.1 Å². The lowest BCUT2D eigenvalue weighted by Gasteiger charge is -2.22. The minimum Gasteiger partial charge on any atom is -0.454 e. The summed E-state index contributed by atoms with van der Waals surface area (Å²) in [5, 5.41) is 11.4. The molecule has 0 radical (unpaired) electrons. The molecule has 2 aromatic rings. The van der Waals surface area contributed by atoms with E-state index in [1.165, 1.54) is 19.2 Å². The Labute approximate surface area is 157 Å². The van der Waals surface area contributed by atoms with Gasteiger partial charge in [-0.3, -0.25) is 4.79 Å². The predicted octanol–water partition coefficient (Wildman–Crippen LogP) is 1.17. The van der Waals surface area contributed by atoms with E-state index < -0.39 is 36.8 Å². The summed E-state index contributed by atoms with van der Waals surface area (Å²) in [5.74, 6) is 0.101. The lowest BCUT2D eigenvalue weighted by Crippen LogP contribution is -2.39. The second kappa shape index (κ2) is 7.90. The van der Waals surface area contributed by atoms with Crippen LogP contribution in [0.1, 0.15) is 16.8 Å². The number of aliphatic hydroxyl groups is 1. The quantitative estimate of drug-likeness (QED) is 0.721. The number of alkyl halides is 2. The van der Waals surface area contributed by atoms with Crippen molar-refractivity contribution in [3.8, 4) is 11.5 Å². The maximum atomic E-state index is 14.2. The molecule has 9 nitrogen and oxygen atoms in total. The zero-order chi connectivity index (χ0) is 20.3. The number of nitrogens with zero attached hydrogens (tertiary/aromatic N) is 2. The van der Waals surface area contributed by atoms with Crippen molar-refractivity contribution >= 4 is 11.7 Å². The number of carbonyl (C=O) groups excluding carboxylic acids is 1. The molecule has 1 aromatic heterocycles. The highest BCUT2D eigenvalue weighted by Crippen LogP contribution is 2.32. The highest BCUT2D eigenvalue weighted by molar-refractivity contribution is 6.04. The molecule has 0 unspecified atom stereocenters. The Balaban J connectivity index is 1.75. The molecule has 150 valence electrons. The van der Waals surface area contributed by atoms with Crippen LogP contribution < -0.4 is 20.5 Å². The lowest BCUT2D eigenvalue weighted by molar-refractivity contribution is -0.129. The van der Waals surface area contributed by atoms with Crippen molar-refractivity contribution in [3.63, 3.8) is 0 Å². The first kappa shape index (κ1) is 19.7. The third-order valence-corrected chi connectivity index (χ3v) is 4.04. The largest absolute Gasteiger partial charge is 0.454 e. The van der Waals surface area contributed by atoms with Gasteiger partial charge >= 0.3 is 11.7 Å². The van der Waals surface area contributed by atoms with Crippen LogP contribution >= 0.6 is 0 Å². The van der Waals surface area contributed by atoms with Crippen molar-refractivity contribution in [2.45, 2.75) is 18.6 Å². The van der Waals surface area contributed by atoms with E-state index in [2.05, 4.69) is 10.3 Å². The van der Waals surface area contributed by atoms with Crippen LogP contribution in [0.2, 0.25) is 0 Å². The summed E-state index contributed by atoms with van der Waals surface area (Å²) in [6.45, 7) is -0.577. The molecule has 3 rings (SSSR count). The number of halogens is 2. The van der Waals surface area contributed by atoms with Gasteiger partial charge < -0.3 is 24.6 Å². The summed E-state index contributed by atoms with van der Waals surface area (Å²) in [5.41, 5.74) is -1.05. The standard InChI is InChI=1S/C17H17F2N3O6/c1-26-11(8-23)7-17(18,19)22-5-4-14(21-16(22)25)20-15(24)10-2-3-12-13(6-10)28-9-27-12/h2-6,11,23H,7-9H2,1H3,(H,20,21,24,25)/t11-/m0/s1. The number of nitrogens with one attached hydrogen (secondary N) is 1. The number of rotatable bonds is 7. The number of aliphatic hydroxyl groups excluding tert-OH is 1. The van der Waals surface area contributed by atoms with E-state index in [9.17, 15) is 18.4 Å². The number of hydrogen-bond acceptors (Lipinski definition) is 7. The van der Waals surface area contributed by atoms with E-state index in [4.69, 9.17) is 19.3 Å². The topological polar surface area (TPSA) is 112 Å². The molecular formula is C17H17F2N3O6. The summed E-state index contributed by atoms with van der Waals surface area (Å²) in [7, 11) is 1.17. The maximum Gasteiger partial charge on any atom is 0.354 e. The van der Waals surface area contributed by atoms with Gasteiger partial charge in [-0.2, -0.15) is 13.8 Å². The van der Waals surface area contributed by atoms with Crippen LogP contribution in [0.25, 0.3) is 0 Å². The Kier molecular flexibility index (Phi) is 5.56. The van der Waals surface area contributed by atoms with Gasteiger partial charge in [0.15, 0.2) is 11.5 Å². The van der Waals surface area contributed by atoms with E-state index in [0.29, 0.717) is 11.5 Å². The van der Waals surface area contributed by atoms with Crippen LogP contribution in [0, 0.1) is 0 Å². The molecule has 1 amide bonds. The van der Waals surface area contributed by atoms with Crippen LogP contribution in [-0.2, 0) is 10.8 Å². The van der Waals surface area contributed by atoms with Gasteiger partial charge in [-0.05, 0) is 24.3 Å². The normalized spacial score (nSPS) is 14.0. The molecule has 28 heavy (non-hydrogen) atoms. The molecule has 1 aliphatic rings. The highest BCUT2D eigenvalue weighted by atomic mass is 19.3. The van der Waals surface area contributed by atoms with Gasteiger partial charge in [-0.15, -0.1) is 0 Å². The zero-order valence-corrected chi connectivity index (χ0v) is 14.7. The third kappa shape index (κ3) is 4.10. The van der Waals surface area contributed by atoms with Crippen LogP contribution in [0.15, 0.2) is 35.3 Å². The van der Waals surface area contributed by atoms with Crippen molar-refractivity contribution in [3.05, 3.63) is 46.5 Å². The number of anilines is 1. The number of amides is 1. The molecule has 0 fully saturated rings. The lowest BCUT2D eigenvalue weighted by atomic mass is 10.2. The molecule has 0 bridgehead atoms. The van der Waals surface area contributed by atoms with E-state index in [1.807, 2.05) is 0 Å². The summed E-state index contributed by atoms with van der Waals surface area (Å²) in [4.78, 5) is 27.8. The van der Waals surface area contributed by atoms with Gasteiger partial charge in [0.1, 0.15) is 5.82 Å². The Hall–Kier alpha value is -3.05. The smallest absolute Gasteiger partial charge is 0.354 e. The van der Waals surface area contributed by atoms with Gasteiger partial charge in [-0.25, -0.2) is 9.36 Å². The number of aromatic nitrogens is 2. The van der Waals surface area contributed by atoms with Gasteiger partial charge in [0, 0.05) is 18.9 Å². The molecule has 1 atom stereocenters. The van der Waals surface area contributed by atoms with Crippen molar-refractivity contribution in [2.24, 2.45) is 0 Å². The summed E-state index contributed by atoms with van der Waals surface area (Å²) in [6, 6.07) is 1.93. The fraction of sp³-hybridized carbons (Fsp3) is 0.353. The number of carbonyl (C=O) groups is 1. The molecule has 1 aliphatic heterocycles. The number of fused-ring (bicyclic) bond motifs is 1. The highest BCUT2D eigenvalue weighted by Gasteiger charge is 2.36. The Morgan fingerprint density at radius 2 is 2.14 bits per heavy atom. The van der Waals surface area contributed by atoms with Crippen molar-refractivity contribution < 1.29 is 32.9 Å². The number of methoxy groups -OCH3 is 1. The Morgan fingerprint density at radius 3 is 2.82 bits per heavy atom. The molecular weight excluding hydrogens is 380 g/mol. The molecule has 1 aromatic carbocycles. The summed E-state index contributed by atoms with van der Waals surface area (Å²) < 4.78 is 43.6. The maximum absolute atomic E-state index is 14.2. The first-order valence-electron chi connectivity index (χ1n) is 8.16. The van der Waals surface area contributed by atoms with E-state index in [-0.39, 0.29) is 22.7 Å². The third-order valence-electron chi connectivity index (χ3n) is 4.04. The molecule has 2 N–H and O–H groups in total. The number of benzene rings is 1. The summed E-state index contributed by atoms with van der Waals surface area (Å²) in [6.07, 6.45) is -1.24. The van der Waals surface area contributed by atoms with E-state index in [0.717, 1.165) is 12.3 Å². The first-order chi connectivity index (χ1) is 13.3.